The van der Waals surface area contributed by atoms with Crippen molar-refractivity contribution in [3.05, 3.63) is 52.8 Å². The number of aromatic nitrogens is 1. The number of carbonyl (C=O) groups is 1. The lowest BCUT2D eigenvalue weighted by atomic mass is 10.1. The lowest BCUT2D eigenvalue weighted by Crippen LogP contribution is -2.39. The number of ketones is 1. The molecule has 1 aromatic heterocycles. The van der Waals surface area contributed by atoms with Crippen LogP contribution in [0.1, 0.15) is 53.5 Å². The van der Waals surface area contributed by atoms with Gasteiger partial charge in [0.05, 0.1) is 19.8 Å². The summed E-state index contributed by atoms with van der Waals surface area (Å²) in [5.41, 5.74) is 5.50. The first-order chi connectivity index (χ1) is 13.1. The van der Waals surface area contributed by atoms with Gasteiger partial charge in [0.25, 0.3) is 0 Å². The number of nitrogens with zero attached hydrogens (tertiary/aromatic N) is 2. The lowest BCUT2D eigenvalue weighted by Gasteiger charge is -2.25. The van der Waals surface area contributed by atoms with Gasteiger partial charge < -0.3 is 9.30 Å². The fraction of sp³-hybridized carbons (Fsp3) is 0.522. The molecule has 0 bridgehead atoms. The zero-order chi connectivity index (χ0) is 19.2. The molecule has 0 aliphatic carbocycles. The fourth-order valence-corrected chi connectivity index (χ4v) is 3.88. The molecule has 3 rings (SSSR count). The first-order valence-corrected chi connectivity index (χ1v) is 10.2. The molecule has 0 spiro atoms. The summed E-state index contributed by atoms with van der Waals surface area (Å²) in [7, 11) is 0. The minimum Gasteiger partial charge on any atom is -0.379 e. The van der Waals surface area contributed by atoms with E-state index in [4.69, 9.17) is 4.74 Å². The van der Waals surface area contributed by atoms with Crippen molar-refractivity contribution in [2.75, 3.05) is 32.8 Å². The zero-order valence-electron chi connectivity index (χ0n) is 17.0. The largest absolute Gasteiger partial charge is 0.379 e. The minimum atomic E-state index is 0.201. The molecule has 1 saturated heterocycles. The molecule has 1 aromatic carbocycles. The number of morpholine rings is 1. The van der Waals surface area contributed by atoms with Gasteiger partial charge in [-0.05, 0) is 50.5 Å². The SMILES string of the molecule is CCCCCc1ccc(-n2c(C)cc(C(=O)CN3CCOCC3)c2C)cc1. The van der Waals surface area contributed by atoms with E-state index in [2.05, 4.69) is 54.5 Å². The molecular weight excluding hydrogens is 336 g/mol. The van der Waals surface area contributed by atoms with Crippen molar-refractivity contribution in [1.82, 2.24) is 9.47 Å². The second-order valence-electron chi connectivity index (χ2n) is 7.56. The molecule has 2 heterocycles. The molecule has 0 N–H and O–H groups in total. The van der Waals surface area contributed by atoms with Crippen LogP contribution in [0.2, 0.25) is 0 Å². The van der Waals surface area contributed by atoms with Gasteiger partial charge in [0, 0.05) is 35.7 Å². The molecule has 0 saturated carbocycles. The van der Waals surface area contributed by atoms with Crippen molar-refractivity contribution in [1.29, 1.82) is 0 Å². The Hall–Kier alpha value is -1.91. The molecule has 2 aromatic rings. The quantitative estimate of drug-likeness (QED) is 0.513. The van der Waals surface area contributed by atoms with E-state index in [0.717, 1.165) is 55.4 Å². The van der Waals surface area contributed by atoms with Crippen LogP contribution in [0.15, 0.2) is 30.3 Å². The monoisotopic (exact) mass is 368 g/mol. The number of Topliss-reactive ketones (excluding diaryl/α,β-unsaturated/α-hetero) is 1. The molecule has 4 nitrogen and oxygen atoms in total. The Morgan fingerprint density at radius 2 is 1.78 bits per heavy atom. The summed E-state index contributed by atoms with van der Waals surface area (Å²) >= 11 is 0. The van der Waals surface area contributed by atoms with Gasteiger partial charge in [0.1, 0.15) is 0 Å². The summed E-state index contributed by atoms with van der Waals surface area (Å²) in [4.78, 5) is 15.0. The van der Waals surface area contributed by atoms with Crippen molar-refractivity contribution in [2.45, 2.75) is 46.5 Å². The van der Waals surface area contributed by atoms with Crippen LogP contribution in [-0.4, -0.2) is 48.1 Å². The minimum absolute atomic E-state index is 0.201. The average Bonchev–Trinajstić information content (AvgIpc) is 2.98. The number of rotatable bonds is 8. The van der Waals surface area contributed by atoms with E-state index in [0.29, 0.717) is 6.54 Å². The first kappa shape index (κ1) is 19.8. The highest BCUT2D eigenvalue weighted by Gasteiger charge is 2.20. The van der Waals surface area contributed by atoms with Crippen LogP contribution < -0.4 is 0 Å². The van der Waals surface area contributed by atoms with Gasteiger partial charge in [-0.15, -0.1) is 0 Å². The predicted octanol–water partition coefficient (Wildman–Crippen LogP) is 4.34. The summed E-state index contributed by atoms with van der Waals surface area (Å²) in [5, 5.41) is 0. The highest BCUT2D eigenvalue weighted by atomic mass is 16.5. The normalized spacial score (nSPS) is 15.2. The third kappa shape index (κ3) is 4.88. The summed E-state index contributed by atoms with van der Waals surface area (Å²) in [5.74, 6) is 0.201. The number of unbranched alkanes of at least 4 members (excludes halogenated alkanes) is 2. The molecule has 4 heteroatoms. The maximum Gasteiger partial charge on any atom is 0.178 e. The fourth-order valence-electron chi connectivity index (χ4n) is 3.88. The highest BCUT2D eigenvalue weighted by molar-refractivity contribution is 5.99. The molecule has 0 atom stereocenters. The molecular formula is C23H32N2O2. The third-order valence-electron chi connectivity index (χ3n) is 5.47. The second kappa shape index (κ2) is 9.34. The van der Waals surface area contributed by atoms with Gasteiger partial charge in [-0.3, -0.25) is 9.69 Å². The number of aryl methyl sites for hydroxylation is 2. The molecule has 1 aliphatic heterocycles. The summed E-state index contributed by atoms with van der Waals surface area (Å²) in [6.07, 6.45) is 4.92. The first-order valence-electron chi connectivity index (χ1n) is 10.2. The van der Waals surface area contributed by atoms with Crippen LogP contribution >= 0.6 is 0 Å². The Morgan fingerprint density at radius 3 is 2.44 bits per heavy atom. The van der Waals surface area contributed by atoms with Gasteiger partial charge in [-0.1, -0.05) is 31.9 Å². The lowest BCUT2D eigenvalue weighted by molar-refractivity contribution is 0.0371. The average molecular weight is 369 g/mol. The van der Waals surface area contributed by atoms with Crippen molar-refractivity contribution in [2.24, 2.45) is 0 Å². The standard InChI is InChI=1S/C23H32N2O2/c1-4-5-6-7-20-8-10-21(11-9-20)25-18(2)16-22(19(25)3)23(26)17-24-12-14-27-15-13-24/h8-11,16H,4-7,12-15,17H2,1-3H3. The highest BCUT2D eigenvalue weighted by Crippen LogP contribution is 2.22. The van der Waals surface area contributed by atoms with E-state index >= 15 is 0 Å². The molecule has 0 unspecified atom stereocenters. The Labute approximate surface area is 163 Å². The van der Waals surface area contributed by atoms with Crippen molar-refractivity contribution < 1.29 is 9.53 Å². The Balaban J connectivity index is 1.73. The number of ether oxygens (including phenoxy) is 1. The summed E-state index contributed by atoms with van der Waals surface area (Å²) in [6.45, 7) is 9.95. The van der Waals surface area contributed by atoms with Crippen molar-refractivity contribution in [3.63, 3.8) is 0 Å². The van der Waals surface area contributed by atoms with E-state index in [-0.39, 0.29) is 5.78 Å². The van der Waals surface area contributed by atoms with Crippen LogP contribution in [0.25, 0.3) is 5.69 Å². The number of hydrogen-bond acceptors (Lipinski definition) is 3. The zero-order valence-corrected chi connectivity index (χ0v) is 17.0. The Morgan fingerprint density at radius 1 is 1.07 bits per heavy atom. The van der Waals surface area contributed by atoms with Gasteiger partial charge in [0.15, 0.2) is 5.78 Å². The molecule has 27 heavy (non-hydrogen) atoms. The maximum absolute atomic E-state index is 12.8. The van der Waals surface area contributed by atoms with Crippen LogP contribution in [0, 0.1) is 13.8 Å². The van der Waals surface area contributed by atoms with Crippen molar-refractivity contribution >= 4 is 5.78 Å². The van der Waals surface area contributed by atoms with Crippen LogP contribution in [0.3, 0.4) is 0 Å². The summed E-state index contributed by atoms with van der Waals surface area (Å²) in [6, 6.07) is 10.8. The van der Waals surface area contributed by atoms with Gasteiger partial charge >= 0.3 is 0 Å². The summed E-state index contributed by atoms with van der Waals surface area (Å²) < 4.78 is 7.57. The van der Waals surface area contributed by atoms with Crippen LogP contribution in [0.5, 0.6) is 0 Å². The molecule has 0 radical (unpaired) electrons. The van der Waals surface area contributed by atoms with E-state index < -0.39 is 0 Å². The number of benzene rings is 1. The van der Waals surface area contributed by atoms with E-state index in [1.54, 1.807) is 0 Å². The van der Waals surface area contributed by atoms with Gasteiger partial charge in [-0.25, -0.2) is 0 Å². The van der Waals surface area contributed by atoms with E-state index in [1.807, 2.05) is 6.07 Å². The molecule has 146 valence electrons. The second-order valence-corrected chi connectivity index (χ2v) is 7.56. The van der Waals surface area contributed by atoms with Gasteiger partial charge in [0.2, 0.25) is 0 Å². The Bertz CT molecular complexity index is 755. The smallest absolute Gasteiger partial charge is 0.178 e. The van der Waals surface area contributed by atoms with E-state index in [9.17, 15) is 4.79 Å². The maximum atomic E-state index is 12.8. The van der Waals surface area contributed by atoms with Gasteiger partial charge in [-0.2, -0.15) is 0 Å². The van der Waals surface area contributed by atoms with Crippen LogP contribution in [0.4, 0.5) is 0 Å². The third-order valence-corrected chi connectivity index (χ3v) is 5.47. The van der Waals surface area contributed by atoms with Crippen LogP contribution in [-0.2, 0) is 11.2 Å². The van der Waals surface area contributed by atoms with E-state index in [1.165, 1.54) is 24.8 Å². The Kier molecular flexibility index (Phi) is 6.86. The number of carbonyl (C=O) groups excluding carboxylic acids is 1. The topological polar surface area (TPSA) is 34.5 Å². The molecule has 1 aliphatic rings. The molecule has 1 fully saturated rings. The molecule has 0 amide bonds. The number of hydrogen-bond donors (Lipinski definition) is 0. The van der Waals surface area contributed by atoms with Crippen molar-refractivity contribution in [3.8, 4) is 5.69 Å². The predicted molar refractivity (Wildman–Crippen MR) is 110 cm³/mol.